The molecule has 162 valence electrons. The third kappa shape index (κ3) is 6.33. The van der Waals surface area contributed by atoms with Gasteiger partial charge in [0.2, 0.25) is 0 Å². The molecule has 30 heavy (non-hydrogen) atoms. The second-order valence-corrected chi connectivity index (χ2v) is 6.63. The van der Waals surface area contributed by atoms with Crippen molar-refractivity contribution in [3.05, 3.63) is 62.7 Å². The summed E-state index contributed by atoms with van der Waals surface area (Å²) in [5.74, 6) is -0.747. The van der Waals surface area contributed by atoms with Crippen molar-refractivity contribution < 1.29 is 37.1 Å². The number of ether oxygens (including phenoxy) is 3. The van der Waals surface area contributed by atoms with Gasteiger partial charge in [0.15, 0.2) is 0 Å². The Balaban J connectivity index is 2.25. The van der Waals surface area contributed by atoms with Gasteiger partial charge in [0.25, 0.3) is 5.69 Å². The Kier molecular flexibility index (Phi) is 7.63. The molecule has 0 amide bonds. The molecule has 0 saturated heterocycles. The quantitative estimate of drug-likeness (QED) is 0.315. The van der Waals surface area contributed by atoms with Crippen LogP contribution in [0.25, 0.3) is 0 Å². The van der Waals surface area contributed by atoms with Gasteiger partial charge in [-0.25, -0.2) is 0 Å². The first-order valence-electron chi connectivity index (χ1n) is 8.51. The first kappa shape index (κ1) is 23.4. The average molecular weight is 448 g/mol. The number of esters is 1. The maximum atomic E-state index is 12.7. The number of rotatable bonds is 8. The molecule has 1 atom stereocenters. The van der Waals surface area contributed by atoms with E-state index in [1.54, 1.807) is 6.92 Å². The van der Waals surface area contributed by atoms with Crippen molar-refractivity contribution in [2.24, 2.45) is 0 Å². The van der Waals surface area contributed by atoms with Gasteiger partial charge in [-0.2, -0.15) is 13.2 Å². The molecule has 0 radical (unpaired) electrons. The molecule has 0 heterocycles. The molecule has 0 bridgehead atoms. The first-order chi connectivity index (χ1) is 14.0. The molecule has 0 aliphatic carbocycles. The smallest absolute Gasteiger partial charge is 0.416 e. The van der Waals surface area contributed by atoms with Crippen LogP contribution >= 0.6 is 11.6 Å². The SMILES string of the molecule is COCC(C)OC(=O)Cc1cc(Oc2ccc(C(F)(F)F)cc2Cl)ccc1[N+](=O)[O-]. The highest BCUT2D eigenvalue weighted by Crippen LogP contribution is 2.37. The van der Waals surface area contributed by atoms with Crippen molar-refractivity contribution in [2.75, 3.05) is 13.7 Å². The molecule has 0 N–H and O–H groups in total. The number of carbonyl (C=O) groups is 1. The first-order valence-corrected chi connectivity index (χ1v) is 8.89. The van der Waals surface area contributed by atoms with E-state index in [0.717, 1.165) is 18.2 Å². The zero-order chi connectivity index (χ0) is 22.5. The van der Waals surface area contributed by atoms with Gasteiger partial charge in [-0.15, -0.1) is 0 Å². The number of benzene rings is 2. The van der Waals surface area contributed by atoms with Crippen LogP contribution in [-0.2, 0) is 26.9 Å². The molecule has 0 saturated carbocycles. The molecule has 2 aromatic rings. The third-order valence-corrected chi connectivity index (χ3v) is 4.10. The molecule has 2 aromatic carbocycles. The van der Waals surface area contributed by atoms with Crippen LogP contribution in [0.1, 0.15) is 18.1 Å². The van der Waals surface area contributed by atoms with Gasteiger partial charge < -0.3 is 14.2 Å². The highest BCUT2D eigenvalue weighted by Gasteiger charge is 2.31. The maximum absolute atomic E-state index is 12.7. The molecule has 0 aliphatic heterocycles. The van der Waals surface area contributed by atoms with E-state index >= 15 is 0 Å². The predicted octanol–water partition coefficient (Wildman–Crippen LogP) is 5.18. The minimum Gasteiger partial charge on any atom is -0.460 e. The highest BCUT2D eigenvalue weighted by atomic mass is 35.5. The third-order valence-electron chi connectivity index (χ3n) is 3.80. The van der Waals surface area contributed by atoms with Crippen LogP contribution in [0.5, 0.6) is 11.5 Å². The maximum Gasteiger partial charge on any atom is 0.416 e. The number of hydrogen-bond acceptors (Lipinski definition) is 6. The van der Waals surface area contributed by atoms with E-state index in [1.807, 2.05) is 0 Å². The van der Waals surface area contributed by atoms with Gasteiger partial charge in [-0.1, -0.05) is 11.6 Å². The van der Waals surface area contributed by atoms with Crippen LogP contribution in [0.3, 0.4) is 0 Å². The van der Waals surface area contributed by atoms with Gasteiger partial charge in [-0.3, -0.25) is 14.9 Å². The molecule has 11 heteroatoms. The lowest BCUT2D eigenvalue weighted by Crippen LogP contribution is -2.21. The number of nitro groups is 1. The fourth-order valence-corrected chi connectivity index (χ4v) is 2.74. The molecule has 2 rings (SSSR count). The summed E-state index contributed by atoms with van der Waals surface area (Å²) in [4.78, 5) is 22.6. The van der Waals surface area contributed by atoms with E-state index in [9.17, 15) is 28.1 Å². The summed E-state index contributed by atoms with van der Waals surface area (Å²) in [6.45, 7) is 1.76. The van der Waals surface area contributed by atoms with Crippen molar-refractivity contribution in [1.29, 1.82) is 0 Å². The normalized spacial score (nSPS) is 12.3. The fourth-order valence-electron chi connectivity index (χ4n) is 2.52. The lowest BCUT2D eigenvalue weighted by Gasteiger charge is -2.13. The summed E-state index contributed by atoms with van der Waals surface area (Å²) in [5.41, 5.74) is -1.27. The lowest BCUT2D eigenvalue weighted by molar-refractivity contribution is -0.385. The minimum atomic E-state index is -4.57. The summed E-state index contributed by atoms with van der Waals surface area (Å²) in [6, 6.07) is 6.13. The predicted molar refractivity (Wildman–Crippen MR) is 101 cm³/mol. The van der Waals surface area contributed by atoms with Crippen LogP contribution < -0.4 is 4.74 Å². The molecule has 0 spiro atoms. The molecular weight excluding hydrogens is 431 g/mol. The van der Waals surface area contributed by atoms with Crippen LogP contribution in [0.15, 0.2) is 36.4 Å². The van der Waals surface area contributed by atoms with Crippen molar-refractivity contribution in [2.45, 2.75) is 25.6 Å². The Bertz CT molecular complexity index is 935. The number of nitrogens with zero attached hydrogens (tertiary/aromatic N) is 1. The average Bonchev–Trinajstić information content (AvgIpc) is 2.62. The number of halogens is 4. The van der Waals surface area contributed by atoms with Gasteiger partial charge in [-0.05, 0) is 37.3 Å². The van der Waals surface area contributed by atoms with Crippen LogP contribution in [0, 0.1) is 10.1 Å². The van der Waals surface area contributed by atoms with Crippen molar-refractivity contribution in [3.8, 4) is 11.5 Å². The van der Waals surface area contributed by atoms with Crippen LogP contribution in [0.4, 0.5) is 18.9 Å². The number of carbonyl (C=O) groups excluding carboxylic acids is 1. The zero-order valence-electron chi connectivity index (χ0n) is 15.9. The Morgan fingerprint density at radius 2 is 1.93 bits per heavy atom. The van der Waals surface area contributed by atoms with Gasteiger partial charge in [0, 0.05) is 18.7 Å². The summed E-state index contributed by atoms with van der Waals surface area (Å²) in [5, 5.41) is 11.0. The standard InChI is InChI=1S/C19H17ClF3NO6/c1-11(10-28-2)29-18(25)8-12-7-14(4-5-16(12)24(26)27)30-17-6-3-13(9-15(17)20)19(21,22)23/h3-7,9,11H,8,10H2,1-2H3. The lowest BCUT2D eigenvalue weighted by atomic mass is 10.1. The van der Waals surface area contributed by atoms with Crippen LogP contribution in [-0.4, -0.2) is 30.7 Å². The summed E-state index contributed by atoms with van der Waals surface area (Å²) in [7, 11) is 1.43. The second-order valence-electron chi connectivity index (χ2n) is 6.23. The van der Waals surface area contributed by atoms with E-state index in [0.29, 0.717) is 6.07 Å². The van der Waals surface area contributed by atoms with Crippen LogP contribution in [0.2, 0.25) is 5.02 Å². The van der Waals surface area contributed by atoms with E-state index in [2.05, 4.69) is 0 Å². The highest BCUT2D eigenvalue weighted by molar-refractivity contribution is 6.32. The fraction of sp³-hybridized carbons (Fsp3) is 0.316. The topological polar surface area (TPSA) is 87.9 Å². The Morgan fingerprint density at radius 1 is 1.23 bits per heavy atom. The van der Waals surface area contributed by atoms with E-state index in [4.69, 9.17) is 25.8 Å². The molecular formula is C19H17ClF3NO6. The number of methoxy groups -OCH3 is 1. The van der Waals surface area contributed by atoms with E-state index in [1.165, 1.54) is 19.2 Å². The Labute approximate surface area is 174 Å². The second kappa shape index (κ2) is 9.77. The van der Waals surface area contributed by atoms with Crippen molar-refractivity contribution >= 4 is 23.3 Å². The summed E-state index contributed by atoms with van der Waals surface area (Å²) in [6.07, 6.45) is -5.53. The number of hydrogen-bond donors (Lipinski definition) is 0. The Morgan fingerprint density at radius 3 is 2.50 bits per heavy atom. The zero-order valence-corrected chi connectivity index (χ0v) is 16.6. The number of nitro benzene ring substituents is 1. The molecule has 0 aliphatic rings. The van der Waals surface area contributed by atoms with E-state index < -0.39 is 35.2 Å². The summed E-state index contributed by atoms with van der Waals surface area (Å²) < 4.78 is 53.6. The monoisotopic (exact) mass is 447 g/mol. The largest absolute Gasteiger partial charge is 0.460 e. The van der Waals surface area contributed by atoms with Gasteiger partial charge in [0.05, 0.1) is 28.5 Å². The number of alkyl halides is 3. The molecule has 7 nitrogen and oxygen atoms in total. The molecule has 0 fully saturated rings. The van der Waals surface area contributed by atoms with Crippen molar-refractivity contribution in [3.63, 3.8) is 0 Å². The van der Waals surface area contributed by atoms with Crippen molar-refractivity contribution in [1.82, 2.24) is 0 Å². The molecule has 0 aromatic heterocycles. The van der Waals surface area contributed by atoms with Gasteiger partial charge >= 0.3 is 12.1 Å². The minimum absolute atomic E-state index is 0.00940. The van der Waals surface area contributed by atoms with E-state index in [-0.39, 0.29) is 34.4 Å². The summed E-state index contributed by atoms with van der Waals surface area (Å²) >= 11 is 5.86. The molecule has 1 unspecified atom stereocenters. The Hall–Kier alpha value is -2.85. The van der Waals surface area contributed by atoms with Gasteiger partial charge in [0.1, 0.15) is 17.6 Å².